The normalized spacial score (nSPS) is 16.5. The maximum Gasteiger partial charge on any atom is 0.191 e. The molecular formula is C20H35FIN5. The summed E-state index contributed by atoms with van der Waals surface area (Å²) in [5, 5.41) is 6.69. The Labute approximate surface area is 180 Å². The summed E-state index contributed by atoms with van der Waals surface area (Å²) in [6, 6.07) is 4.99. The summed E-state index contributed by atoms with van der Waals surface area (Å²) in [5.41, 5.74) is 2.17. The summed E-state index contributed by atoms with van der Waals surface area (Å²) in [7, 11) is 2.19. The van der Waals surface area contributed by atoms with Crippen LogP contribution in [0.4, 0.5) is 4.39 Å². The number of halogens is 2. The summed E-state index contributed by atoms with van der Waals surface area (Å²) in [6.45, 7) is 12.1. The molecule has 2 N–H and O–H groups in total. The first-order valence-corrected chi connectivity index (χ1v) is 9.76. The molecule has 1 fully saturated rings. The lowest BCUT2D eigenvalue weighted by Crippen LogP contribution is -2.39. The highest BCUT2D eigenvalue weighted by molar-refractivity contribution is 14.0. The summed E-state index contributed by atoms with van der Waals surface area (Å²) in [5.74, 6) is 0.688. The monoisotopic (exact) mass is 491 g/mol. The lowest BCUT2D eigenvalue weighted by atomic mass is 10.1. The van der Waals surface area contributed by atoms with Crippen molar-refractivity contribution in [3.63, 3.8) is 0 Å². The number of likely N-dealkylation sites (N-methyl/N-ethyl adjacent to an activating group) is 1. The van der Waals surface area contributed by atoms with Crippen LogP contribution in [-0.2, 0) is 6.42 Å². The second kappa shape index (κ2) is 13.3. The molecule has 0 aromatic heterocycles. The van der Waals surface area contributed by atoms with Crippen molar-refractivity contribution in [2.45, 2.75) is 26.7 Å². The topological polar surface area (TPSA) is 42.9 Å². The van der Waals surface area contributed by atoms with E-state index in [1.165, 1.54) is 24.6 Å². The van der Waals surface area contributed by atoms with Gasteiger partial charge in [-0.05, 0) is 70.1 Å². The van der Waals surface area contributed by atoms with Gasteiger partial charge in [0.05, 0.1) is 6.54 Å². The van der Waals surface area contributed by atoms with Crippen LogP contribution in [0, 0.1) is 12.7 Å². The molecule has 1 aromatic carbocycles. The second-order valence-corrected chi connectivity index (χ2v) is 7.01. The number of rotatable bonds is 7. The van der Waals surface area contributed by atoms with Crippen molar-refractivity contribution in [3.8, 4) is 0 Å². The molecule has 1 aliphatic heterocycles. The molecule has 0 saturated carbocycles. The number of nitrogens with zero attached hydrogens (tertiary/aromatic N) is 3. The van der Waals surface area contributed by atoms with Crippen molar-refractivity contribution in [3.05, 3.63) is 35.1 Å². The third kappa shape index (κ3) is 9.21. The molecule has 0 aliphatic carbocycles. The van der Waals surface area contributed by atoms with Gasteiger partial charge in [-0.15, -0.1) is 24.0 Å². The molecule has 1 saturated heterocycles. The molecule has 7 heteroatoms. The van der Waals surface area contributed by atoms with E-state index < -0.39 is 0 Å². The van der Waals surface area contributed by atoms with Gasteiger partial charge in [0.2, 0.25) is 0 Å². The van der Waals surface area contributed by atoms with Crippen LogP contribution in [-0.4, -0.2) is 75.2 Å². The summed E-state index contributed by atoms with van der Waals surface area (Å²) in [4.78, 5) is 9.60. The van der Waals surface area contributed by atoms with Gasteiger partial charge in [-0.2, -0.15) is 0 Å². The van der Waals surface area contributed by atoms with E-state index in [0.29, 0.717) is 0 Å². The highest BCUT2D eigenvalue weighted by Gasteiger charge is 2.11. The average Bonchev–Trinajstić information content (AvgIpc) is 2.81. The molecule has 0 unspecified atom stereocenters. The second-order valence-electron chi connectivity index (χ2n) is 7.01. The van der Waals surface area contributed by atoms with Crippen LogP contribution < -0.4 is 10.6 Å². The van der Waals surface area contributed by atoms with E-state index >= 15 is 0 Å². The molecule has 1 aromatic rings. The smallest absolute Gasteiger partial charge is 0.191 e. The Morgan fingerprint density at radius 3 is 2.74 bits per heavy atom. The van der Waals surface area contributed by atoms with Gasteiger partial charge < -0.3 is 20.4 Å². The van der Waals surface area contributed by atoms with Crippen molar-refractivity contribution < 1.29 is 4.39 Å². The van der Waals surface area contributed by atoms with Gasteiger partial charge in [0.25, 0.3) is 0 Å². The van der Waals surface area contributed by atoms with Gasteiger partial charge in [0, 0.05) is 32.7 Å². The van der Waals surface area contributed by atoms with E-state index in [-0.39, 0.29) is 29.8 Å². The molecule has 1 aliphatic rings. The first-order chi connectivity index (χ1) is 12.6. The van der Waals surface area contributed by atoms with Gasteiger partial charge >= 0.3 is 0 Å². The fourth-order valence-electron chi connectivity index (χ4n) is 3.22. The quantitative estimate of drug-likeness (QED) is 0.350. The summed E-state index contributed by atoms with van der Waals surface area (Å²) < 4.78 is 13.2. The molecule has 154 valence electrons. The van der Waals surface area contributed by atoms with E-state index in [1.54, 1.807) is 6.07 Å². The van der Waals surface area contributed by atoms with E-state index in [4.69, 9.17) is 4.99 Å². The molecule has 2 rings (SSSR count). The van der Waals surface area contributed by atoms with Crippen LogP contribution in [0.2, 0.25) is 0 Å². The van der Waals surface area contributed by atoms with E-state index in [0.717, 1.165) is 63.8 Å². The third-order valence-electron chi connectivity index (χ3n) is 4.83. The van der Waals surface area contributed by atoms with Gasteiger partial charge in [0.1, 0.15) is 5.82 Å². The van der Waals surface area contributed by atoms with Crippen LogP contribution >= 0.6 is 24.0 Å². The Balaban J connectivity index is 0.00000364. The number of nitrogens with one attached hydrogen (secondary N) is 2. The maximum atomic E-state index is 13.2. The first-order valence-electron chi connectivity index (χ1n) is 9.76. The number of aliphatic imine (C=N–C) groups is 1. The SMILES string of the molecule is CCNC(=NCCN1CCCN(C)CC1)NCCc1ccc(F)cc1C.I. The molecule has 1 heterocycles. The van der Waals surface area contributed by atoms with Crippen LogP contribution in [0.5, 0.6) is 0 Å². The molecule has 0 amide bonds. The fourth-order valence-corrected chi connectivity index (χ4v) is 3.22. The van der Waals surface area contributed by atoms with Crippen molar-refractivity contribution in [1.82, 2.24) is 20.4 Å². The zero-order valence-corrected chi connectivity index (χ0v) is 19.3. The molecule has 0 radical (unpaired) electrons. The van der Waals surface area contributed by atoms with Crippen molar-refractivity contribution in [2.75, 3.05) is 59.4 Å². The minimum atomic E-state index is -0.172. The van der Waals surface area contributed by atoms with Gasteiger partial charge in [0.15, 0.2) is 5.96 Å². The Morgan fingerprint density at radius 2 is 2.00 bits per heavy atom. The fraction of sp³-hybridized carbons (Fsp3) is 0.650. The molecular weight excluding hydrogens is 456 g/mol. The Morgan fingerprint density at radius 1 is 1.19 bits per heavy atom. The Kier molecular flexibility index (Phi) is 11.9. The number of hydrogen-bond acceptors (Lipinski definition) is 3. The van der Waals surface area contributed by atoms with E-state index in [9.17, 15) is 4.39 Å². The van der Waals surface area contributed by atoms with Crippen LogP contribution in [0.3, 0.4) is 0 Å². The van der Waals surface area contributed by atoms with Crippen molar-refractivity contribution in [1.29, 1.82) is 0 Å². The van der Waals surface area contributed by atoms with Gasteiger partial charge in [-0.25, -0.2) is 4.39 Å². The Bertz CT molecular complexity index is 581. The minimum Gasteiger partial charge on any atom is -0.357 e. The lowest BCUT2D eigenvalue weighted by Gasteiger charge is -2.19. The molecule has 0 spiro atoms. The largest absolute Gasteiger partial charge is 0.357 e. The molecule has 5 nitrogen and oxygen atoms in total. The van der Waals surface area contributed by atoms with Crippen LogP contribution in [0.15, 0.2) is 23.2 Å². The highest BCUT2D eigenvalue weighted by Crippen LogP contribution is 2.10. The van der Waals surface area contributed by atoms with E-state index in [2.05, 4.69) is 34.4 Å². The zero-order chi connectivity index (χ0) is 18.8. The number of aryl methyl sites for hydroxylation is 1. The number of benzene rings is 1. The number of hydrogen-bond donors (Lipinski definition) is 2. The van der Waals surface area contributed by atoms with Crippen molar-refractivity contribution >= 4 is 29.9 Å². The minimum absolute atomic E-state index is 0. The van der Waals surface area contributed by atoms with Crippen LogP contribution in [0.25, 0.3) is 0 Å². The summed E-state index contributed by atoms with van der Waals surface area (Å²) >= 11 is 0. The molecule has 27 heavy (non-hydrogen) atoms. The first kappa shape index (κ1) is 24.1. The number of guanidine groups is 1. The standard InChI is InChI=1S/C20H34FN5.HI/c1-4-22-20(23-9-8-18-6-7-19(21)16-17(18)2)24-10-13-26-12-5-11-25(3)14-15-26;/h6-7,16H,4-5,8-15H2,1-3H3,(H2,22,23,24);1H. The van der Waals surface area contributed by atoms with Gasteiger partial charge in [-0.3, -0.25) is 4.99 Å². The molecule has 0 atom stereocenters. The van der Waals surface area contributed by atoms with Crippen molar-refractivity contribution in [2.24, 2.45) is 4.99 Å². The van der Waals surface area contributed by atoms with Crippen LogP contribution in [0.1, 0.15) is 24.5 Å². The average molecular weight is 491 g/mol. The maximum absolute atomic E-state index is 13.2. The van der Waals surface area contributed by atoms with E-state index in [1.807, 2.05) is 13.0 Å². The zero-order valence-electron chi connectivity index (χ0n) is 16.9. The highest BCUT2D eigenvalue weighted by atomic mass is 127. The predicted octanol–water partition coefficient (Wildman–Crippen LogP) is 2.49. The Hall–Kier alpha value is -0.930. The summed E-state index contributed by atoms with van der Waals surface area (Å²) in [6.07, 6.45) is 2.09. The molecule has 0 bridgehead atoms. The van der Waals surface area contributed by atoms with Gasteiger partial charge in [-0.1, -0.05) is 6.07 Å². The lowest BCUT2D eigenvalue weighted by molar-refractivity contribution is 0.283. The predicted molar refractivity (Wildman–Crippen MR) is 123 cm³/mol. The third-order valence-corrected chi connectivity index (χ3v) is 4.83.